The molecule has 1 aromatic heterocycles. The molecule has 0 fully saturated rings. The summed E-state index contributed by atoms with van der Waals surface area (Å²) in [6.07, 6.45) is 0.590. The highest BCUT2D eigenvalue weighted by Crippen LogP contribution is 2.32. The van der Waals surface area contributed by atoms with Gasteiger partial charge in [0.1, 0.15) is 0 Å². The van der Waals surface area contributed by atoms with Gasteiger partial charge in [0.25, 0.3) is 0 Å². The van der Waals surface area contributed by atoms with E-state index in [1.165, 1.54) is 24.3 Å². The van der Waals surface area contributed by atoms with Crippen LogP contribution in [0.2, 0.25) is 0 Å². The van der Waals surface area contributed by atoms with Crippen LogP contribution in [0, 0.1) is 0 Å². The molecule has 0 bridgehead atoms. The van der Waals surface area contributed by atoms with Crippen molar-refractivity contribution in [3.63, 3.8) is 0 Å². The molecule has 2 aromatic carbocycles. The third-order valence-corrected chi connectivity index (χ3v) is 5.98. The van der Waals surface area contributed by atoms with Crippen LogP contribution in [-0.2, 0) is 21.4 Å². The van der Waals surface area contributed by atoms with Crippen LogP contribution >= 0.6 is 0 Å². The molecule has 1 atom stereocenters. The Balaban J connectivity index is 1.52. The highest BCUT2D eigenvalue weighted by molar-refractivity contribution is 7.89. The molecule has 0 unspecified atom stereocenters. The molecule has 0 radical (unpaired) electrons. The lowest BCUT2D eigenvalue weighted by atomic mass is 10.0. The molecule has 8 heteroatoms. The van der Waals surface area contributed by atoms with E-state index in [-0.39, 0.29) is 22.5 Å². The van der Waals surface area contributed by atoms with E-state index in [1.54, 1.807) is 18.2 Å². The second-order valence-electron chi connectivity index (χ2n) is 6.89. The van der Waals surface area contributed by atoms with Crippen molar-refractivity contribution in [2.75, 3.05) is 5.32 Å². The molecular weight excluding hydrogens is 390 g/mol. The number of sulfonamides is 1. The predicted molar refractivity (Wildman–Crippen MR) is 108 cm³/mol. The van der Waals surface area contributed by atoms with E-state index in [4.69, 9.17) is 5.14 Å². The van der Waals surface area contributed by atoms with Crippen molar-refractivity contribution in [3.8, 4) is 0 Å². The first-order valence-electron chi connectivity index (χ1n) is 9.07. The van der Waals surface area contributed by atoms with Crippen molar-refractivity contribution >= 4 is 27.4 Å². The van der Waals surface area contributed by atoms with E-state index in [9.17, 15) is 18.0 Å². The minimum Gasteiger partial charge on any atom is -0.341 e. The SMILES string of the molecule is NS(=O)(=O)c1ccc(NC(=O)[C@H]2CCn3c(C(=O)c4ccccc4)ccc32)cc1. The Labute approximate surface area is 168 Å². The first kappa shape index (κ1) is 19.1. The summed E-state index contributed by atoms with van der Waals surface area (Å²) < 4.78 is 24.6. The van der Waals surface area contributed by atoms with Gasteiger partial charge in [-0.15, -0.1) is 0 Å². The largest absolute Gasteiger partial charge is 0.341 e. The topological polar surface area (TPSA) is 111 Å². The standard InChI is InChI=1S/C21H19N3O4S/c22-29(27,28)16-8-6-15(7-9-16)23-21(26)17-12-13-24-18(17)10-11-19(24)20(25)14-4-2-1-3-5-14/h1-11,17H,12-13H2,(H,23,26)(H2,22,27,28)/t17-/m0/s1. The smallest absolute Gasteiger partial charge is 0.238 e. The maximum atomic E-state index is 12.8. The zero-order chi connectivity index (χ0) is 20.6. The normalized spacial score (nSPS) is 15.7. The van der Waals surface area contributed by atoms with Crippen molar-refractivity contribution in [1.82, 2.24) is 4.57 Å². The number of nitrogens with two attached hydrogens (primary N) is 1. The molecule has 3 aromatic rings. The third kappa shape index (κ3) is 3.72. The summed E-state index contributed by atoms with van der Waals surface area (Å²) in [6, 6.07) is 18.3. The van der Waals surface area contributed by atoms with Gasteiger partial charge in [-0.1, -0.05) is 30.3 Å². The van der Waals surface area contributed by atoms with Crippen LogP contribution in [0.25, 0.3) is 0 Å². The van der Waals surface area contributed by atoms with Gasteiger partial charge in [-0.25, -0.2) is 13.6 Å². The highest BCUT2D eigenvalue weighted by atomic mass is 32.2. The molecule has 0 aliphatic carbocycles. The van der Waals surface area contributed by atoms with Crippen molar-refractivity contribution in [3.05, 3.63) is 83.7 Å². The second kappa shape index (κ2) is 7.31. The molecule has 1 aliphatic rings. The van der Waals surface area contributed by atoms with E-state index in [0.717, 1.165) is 5.69 Å². The number of rotatable bonds is 5. The first-order valence-corrected chi connectivity index (χ1v) is 10.6. The van der Waals surface area contributed by atoms with E-state index < -0.39 is 10.0 Å². The Morgan fingerprint density at radius 1 is 0.966 bits per heavy atom. The lowest BCUT2D eigenvalue weighted by Crippen LogP contribution is -2.19. The van der Waals surface area contributed by atoms with Gasteiger partial charge >= 0.3 is 0 Å². The number of anilines is 1. The number of ketones is 1. The number of carbonyl (C=O) groups is 2. The average molecular weight is 409 g/mol. The van der Waals surface area contributed by atoms with Gasteiger partial charge in [-0.2, -0.15) is 0 Å². The lowest BCUT2D eigenvalue weighted by Gasteiger charge is -2.11. The zero-order valence-electron chi connectivity index (χ0n) is 15.4. The fourth-order valence-electron chi connectivity index (χ4n) is 3.60. The molecule has 0 saturated heterocycles. The molecule has 7 nitrogen and oxygen atoms in total. The molecule has 3 N–H and O–H groups in total. The first-order chi connectivity index (χ1) is 13.8. The third-order valence-electron chi connectivity index (χ3n) is 5.05. The number of carbonyl (C=O) groups excluding carboxylic acids is 2. The van der Waals surface area contributed by atoms with Gasteiger partial charge in [0.05, 0.1) is 16.5 Å². The van der Waals surface area contributed by atoms with Crippen LogP contribution in [0.15, 0.2) is 71.6 Å². The quantitative estimate of drug-likeness (QED) is 0.631. The number of amides is 1. The number of hydrogen-bond donors (Lipinski definition) is 2. The van der Waals surface area contributed by atoms with Crippen LogP contribution in [-0.4, -0.2) is 24.7 Å². The van der Waals surface area contributed by atoms with Crippen molar-refractivity contribution in [2.45, 2.75) is 23.8 Å². The highest BCUT2D eigenvalue weighted by Gasteiger charge is 2.32. The Morgan fingerprint density at radius 3 is 2.31 bits per heavy atom. The predicted octanol–water partition coefficient (Wildman–Crippen LogP) is 2.49. The van der Waals surface area contributed by atoms with Crippen LogP contribution in [0.5, 0.6) is 0 Å². The van der Waals surface area contributed by atoms with Crippen LogP contribution in [0.4, 0.5) is 5.69 Å². The van der Waals surface area contributed by atoms with Crippen LogP contribution in [0.1, 0.15) is 34.1 Å². The molecule has 0 saturated carbocycles. The summed E-state index contributed by atoms with van der Waals surface area (Å²) >= 11 is 0. The maximum Gasteiger partial charge on any atom is 0.238 e. The molecule has 2 heterocycles. The number of fused-ring (bicyclic) bond motifs is 1. The van der Waals surface area contributed by atoms with Gasteiger partial charge in [0, 0.05) is 23.5 Å². The molecular formula is C21H19N3O4S. The van der Waals surface area contributed by atoms with Gasteiger partial charge < -0.3 is 9.88 Å². The molecule has 148 valence electrons. The van der Waals surface area contributed by atoms with E-state index >= 15 is 0 Å². The van der Waals surface area contributed by atoms with E-state index in [1.807, 2.05) is 28.8 Å². The molecule has 0 spiro atoms. The number of aromatic nitrogens is 1. The Bertz CT molecular complexity index is 1180. The average Bonchev–Trinajstić information content (AvgIpc) is 3.30. The Kier molecular flexibility index (Phi) is 4.81. The Morgan fingerprint density at radius 2 is 1.66 bits per heavy atom. The van der Waals surface area contributed by atoms with Gasteiger partial charge in [0.15, 0.2) is 0 Å². The zero-order valence-corrected chi connectivity index (χ0v) is 16.2. The number of nitrogens with one attached hydrogen (secondary N) is 1. The molecule has 1 amide bonds. The van der Waals surface area contributed by atoms with Crippen molar-refractivity contribution < 1.29 is 18.0 Å². The summed E-state index contributed by atoms with van der Waals surface area (Å²) in [4.78, 5) is 25.5. The van der Waals surface area contributed by atoms with Crippen LogP contribution < -0.4 is 10.5 Å². The number of primary sulfonamides is 1. The summed E-state index contributed by atoms with van der Waals surface area (Å²) in [5.41, 5.74) is 2.45. The summed E-state index contributed by atoms with van der Waals surface area (Å²) in [7, 11) is -3.78. The molecule has 29 heavy (non-hydrogen) atoms. The van der Waals surface area contributed by atoms with Crippen molar-refractivity contribution in [2.24, 2.45) is 5.14 Å². The number of hydrogen-bond acceptors (Lipinski definition) is 4. The van der Waals surface area contributed by atoms with Crippen LogP contribution in [0.3, 0.4) is 0 Å². The maximum absolute atomic E-state index is 12.8. The van der Waals surface area contributed by atoms with E-state index in [2.05, 4.69) is 5.32 Å². The summed E-state index contributed by atoms with van der Waals surface area (Å²) in [6.45, 7) is 0.582. The number of benzene rings is 2. The monoisotopic (exact) mass is 409 g/mol. The minimum atomic E-state index is -3.78. The molecule has 1 aliphatic heterocycles. The summed E-state index contributed by atoms with van der Waals surface area (Å²) in [5.74, 6) is -0.661. The fourth-order valence-corrected chi connectivity index (χ4v) is 4.12. The summed E-state index contributed by atoms with van der Waals surface area (Å²) in [5, 5.41) is 7.88. The fraction of sp³-hybridized carbons (Fsp3) is 0.143. The van der Waals surface area contributed by atoms with Crippen molar-refractivity contribution in [1.29, 1.82) is 0 Å². The Hall–Kier alpha value is -3.23. The minimum absolute atomic E-state index is 0.0192. The lowest BCUT2D eigenvalue weighted by molar-refractivity contribution is -0.117. The van der Waals surface area contributed by atoms with Gasteiger partial charge in [0.2, 0.25) is 21.7 Å². The van der Waals surface area contributed by atoms with Gasteiger partial charge in [-0.05, 0) is 42.8 Å². The second-order valence-corrected chi connectivity index (χ2v) is 8.45. The van der Waals surface area contributed by atoms with Gasteiger partial charge in [-0.3, -0.25) is 9.59 Å². The molecule has 4 rings (SSSR count). The van der Waals surface area contributed by atoms with E-state index in [0.29, 0.717) is 29.9 Å². The number of nitrogens with zero attached hydrogens (tertiary/aromatic N) is 1.